The summed E-state index contributed by atoms with van der Waals surface area (Å²) in [6.07, 6.45) is 10.0. The summed E-state index contributed by atoms with van der Waals surface area (Å²) in [4.78, 5) is 2.63. The number of benzene rings is 8. The SMILES string of the molecule is C1=CCC(N(c2ccc3c(c2)C2(c4ccccc4O3)c3ccccc3-c3ccccc32)c2ccc3c(c2)sc2ccc(C(CCc4ccccc4)c4ccccc4)cc23)CC1. The summed E-state index contributed by atoms with van der Waals surface area (Å²) in [5.41, 5.74) is 13.7. The van der Waals surface area contributed by atoms with E-state index in [4.69, 9.17) is 4.74 Å². The highest BCUT2D eigenvalue weighted by Gasteiger charge is 2.51. The Labute approximate surface area is 362 Å². The molecule has 3 aliphatic rings. The Hall–Kier alpha value is -6.68. The van der Waals surface area contributed by atoms with Gasteiger partial charge in [0.05, 0.1) is 5.41 Å². The van der Waals surface area contributed by atoms with Crippen molar-refractivity contribution in [3.63, 3.8) is 0 Å². The summed E-state index contributed by atoms with van der Waals surface area (Å²) in [6, 6.07) is 70.5. The van der Waals surface area contributed by atoms with Gasteiger partial charge in [0.25, 0.3) is 0 Å². The summed E-state index contributed by atoms with van der Waals surface area (Å²) >= 11 is 1.92. The lowest BCUT2D eigenvalue weighted by atomic mass is 9.66. The lowest BCUT2D eigenvalue weighted by molar-refractivity contribution is 0.436. The van der Waals surface area contributed by atoms with E-state index < -0.39 is 5.41 Å². The van der Waals surface area contributed by atoms with E-state index in [0.29, 0.717) is 12.0 Å². The van der Waals surface area contributed by atoms with Crippen LogP contribution in [0.5, 0.6) is 11.5 Å². The van der Waals surface area contributed by atoms with Crippen LogP contribution in [0.2, 0.25) is 0 Å². The number of allylic oxidation sites excluding steroid dienone is 1. The van der Waals surface area contributed by atoms with Crippen molar-refractivity contribution >= 4 is 42.9 Å². The molecule has 0 amide bonds. The number of anilines is 2. The van der Waals surface area contributed by atoms with Gasteiger partial charge in [-0.1, -0.05) is 152 Å². The topological polar surface area (TPSA) is 12.5 Å². The van der Waals surface area contributed by atoms with E-state index >= 15 is 0 Å². The molecule has 0 saturated heterocycles. The van der Waals surface area contributed by atoms with Gasteiger partial charge in [-0.15, -0.1) is 11.3 Å². The predicted octanol–water partition coefficient (Wildman–Crippen LogP) is 15.5. The highest BCUT2D eigenvalue weighted by Crippen LogP contribution is 2.62. The fourth-order valence-electron chi connectivity index (χ4n) is 10.9. The van der Waals surface area contributed by atoms with Crippen LogP contribution in [0.3, 0.4) is 0 Å². The first kappa shape index (κ1) is 36.2. The molecule has 294 valence electrons. The molecule has 61 heavy (non-hydrogen) atoms. The van der Waals surface area contributed by atoms with Crippen molar-refractivity contribution in [2.75, 3.05) is 4.90 Å². The van der Waals surface area contributed by atoms with Crippen molar-refractivity contribution in [2.45, 2.75) is 49.5 Å². The maximum Gasteiger partial charge on any atom is 0.132 e. The normalized spacial score (nSPS) is 16.1. The van der Waals surface area contributed by atoms with Gasteiger partial charge >= 0.3 is 0 Å². The van der Waals surface area contributed by atoms with Gasteiger partial charge in [0.1, 0.15) is 11.5 Å². The third-order valence-corrected chi connectivity index (χ3v) is 14.8. The summed E-state index contributed by atoms with van der Waals surface area (Å²) in [5, 5.41) is 2.68. The van der Waals surface area contributed by atoms with Crippen LogP contribution < -0.4 is 9.64 Å². The van der Waals surface area contributed by atoms with Crippen LogP contribution in [0.1, 0.15) is 70.5 Å². The second-order valence-corrected chi connectivity index (χ2v) is 18.0. The number of aryl methyl sites for hydroxylation is 1. The minimum absolute atomic E-state index is 0.317. The van der Waals surface area contributed by atoms with Crippen molar-refractivity contribution in [3.05, 3.63) is 239 Å². The maximum atomic E-state index is 6.84. The molecule has 1 spiro atoms. The predicted molar refractivity (Wildman–Crippen MR) is 255 cm³/mol. The van der Waals surface area contributed by atoms with Crippen LogP contribution in [0.15, 0.2) is 200 Å². The van der Waals surface area contributed by atoms with E-state index in [1.165, 1.54) is 81.6 Å². The summed E-state index contributed by atoms with van der Waals surface area (Å²) in [6.45, 7) is 0. The second-order valence-electron chi connectivity index (χ2n) is 17.0. The first-order valence-electron chi connectivity index (χ1n) is 21.8. The molecule has 1 aromatic heterocycles. The van der Waals surface area contributed by atoms with Crippen LogP contribution in [-0.4, -0.2) is 6.04 Å². The number of rotatable bonds is 8. The van der Waals surface area contributed by atoms with Crippen molar-refractivity contribution in [2.24, 2.45) is 0 Å². The fraction of sp³-hybridized carbons (Fsp3) is 0.138. The molecule has 0 N–H and O–H groups in total. The van der Waals surface area contributed by atoms with E-state index in [9.17, 15) is 0 Å². The molecule has 2 nitrogen and oxygen atoms in total. The molecule has 3 heteroatoms. The molecule has 0 bridgehead atoms. The zero-order valence-electron chi connectivity index (χ0n) is 34.0. The second kappa shape index (κ2) is 14.8. The minimum atomic E-state index is -0.503. The van der Waals surface area contributed by atoms with Gasteiger partial charge in [-0.2, -0.15) is 0 Å². The standard InChI is InChI=1S/C58H45NOS/c1-4-16-39(17-5-1)28-32-45(40-18-6-2-7-19-40)41-29-35-56-49(36-41)48-33-30-44(38-57(48)61-56)59(42-20-8-3-9-21-42)43-31-34-55-53(37-43)58(52-26-14-15-27-54(52)60-55)50-24-12-10-22-46(50)47-23-11-13-25-51(47)58/h1-8,10-19,22-27,29-31,33-38,42,45H,9,20-21,28,32H2. The monoisotopic (exact) mass is 803 g/mol. The Bertz CT molecular complexity index is 3080. The van der Waals surface area contributed by atoms with E-state index in [1.54, 1.807) is 0 Å². The lowest BCUT2D eigenvalue weighted by Crippen LogP contribution is -2.34. The highest BCUT2D eigenvalue weighted by molar-refractivity contribution is 7.25. The Balaban J connectivity index is 0.984. The lowest BCUT2D eigenvalue weighted by Gasteiger charge is -2.41. The Kier molecular flexibility index (Phi) is 8.78. The van der Waals surface area contributed by atoms with Crippen LogP contribution in [0.4, 0.5) is 11.4 Å². The first-order chi connectivity index (χ1) is 30.2. The Morgan fingerprint density at radius 3 is 1.98 bits per heavy atom. The number of hydrogen-bond acceptors (Lipinski definition) is 3. The number of fused-ring (bicyclic) bond motifs is 12. The number of nitrogens with zero attached hydrogens (tertiary/aromatic N) is 1. The minimum Gasteiger partial charge on any atom is -0.457 e. The largest absolute Gasteiger partial charge is 0.457 e. The van der Waals surface area contributed by atoms with Gasteiger partial charge in [0, 0.05) is 54.6 Å². The van der Waals surface area contributed by atoms with E-state index in [0.717, 1.165) is 43.6 Å². The fourth-order valence-corrected chi connectivity index (χ4v) is 12.0. The van der Waals surface area contributed by atoms with Gasteiger partial charge in [0.15, 0.2) is 0 Å². The Morgan fingerprint density at radius 2 is 1.21 bits per heavy atom. The van der Waals surface area contributed by atoms with Gasteiger partial charge in [-0.3, -0.25) is 0 Å². The molecule has 0 saturated carbocycles. The summed E-state index contributed by atoms with van der Waals surface area (Å²) in [7, 11) is 0. The quantitative estimate of drug-likeness (QED) is 0.142. The van der Waals surface area contributed by atoms with Crippen LogP contribution in [0.25, 0.3) is 31.3 Å². The van der Waals surface area contributed by atoms with Gasteiger partial charge in [-0.05, 0) is 120 Å². The molecule has 12 rings (SSSR count). The highest BCUT2D eigenvalue weighted by atomic mass is 32.1. The number of thiophene rings is 1. The summed E-state index contributed by atoms with van der Waals surface area (Å²) in [5.74, 6) is 2.16. The molecular formula is C58H45NOS. The van der Waals surface area contributed by atoms with Crippen LogP contribution >= 0.6 is 11.3 Å². The molecule has 9 aromatic rings. The number of ether oxygens (including phenoxy) is 1. The summed E-state index contributed by atoms with van der Waals surface area (Å²) < 4.78 is 9.50. The zero-order valence-corrected chi connectivity index (χ0v) is 34.8. The van der Waals surface area contributed by atoms with Crippen molar-refractivity contribution in [3.8, 4) is 22.6 Å². The van der Waals surface area contributed by atoms with Gasteiger partial charge in [-0.25, -0.2) is 0 Å². The molecule has 0 fully saturated rings. The van der Waals surface area contributed by atoms with E-state index in [-0.39, 0.29) is 0 Å². The van der Waals surface area contributed by atoms with Crippen molar-refractivity contribution in [1.29, 1.82) is 0 Å². The third kappa shape index (κ3) is 5.90. The molecular weight excluding hydrogens is 759 g/mol. The van der Waals surface area contributed by atoms with Crippen molar-refractivity contribution in [1.82, 2.24) is 0 Å². The smallest absolute Gasteiger partial charge is 0.132 e. The average Bonchev–Trinajstić information content (AvgIpc) is 3.84. The van der Waals surface area contributed by atoms with Crippen molar-refractivity contribution < 1.29 is 4.74 Å². The number of hydrogen-bond donors (Lipinski definition) is 0. The maximum absolute atomic E-state index is 6.84. The molecule has 2 heterocycles. The molecule has 2 atom stereocenters. The van der Waals surface area contributed by atoms with Gasteiger partial charge < -0.3 is 9.64 Å². The first-order valence-corrected chi connectivity index (χ1v) is 22.7. The average molecular weight is 804 g/mol. The van der Waals surface area contributed by atoms with Gasteiger partial charge in [0.2, 0.25) is 0 Å². The molecule has 2 unspecified atom stereocenters. The van der Waals surface area contributed by atoms with Crippen LogP contribution in [0, 0.1) is 0 Å². The zero-order chi connectivity index (χ0) is 40.3. The Morgan fingerprint density at radius 1 is 0.541 bits per heavy atom. The molecule has 2 aliphatic carbocycles. The van der Waals surface area contributed by atoms with E-state index in [2.05, 4.69) is 205 Å². The van der Waals surface area contributed by atoms with Crippen LogP contribution in [-0.2, 0) is 11.8 Å². The molecule has 0 radical (unpaired) electrons. The molecule has 8 aromatic carbocycles. The van der Waals surface area contributed by atoms with E-state index in [1.807, 2.05) is 11.3 Å². The molecule has 1 aliphatic heterocycles. The number of para-hydroxylation sites is 1. The third-order valence-electron chi connectivity index (χ3n) is 13.6.